The molecule has 0 unspecified atom stereocenters. The molecular weight excluding hydrogens is 246 g/mol. The minimum Gasteiger partial charge on any atom is -0.481 e. The van der Waals surface area contributed by atoms with Crippen molar-refractivity contribution >= 4 is 17.7 Å². The number of thioether (sulfide) groups is 1. The Bertz CT molecular complexity index is 347. The van der Waals surface area contributed by atoms with Gasteiger partial charge in [-0.25, -0.2) is 4.98 Å². The van der Waals surface area contributed by atoms with Crippen LogP contribution in [0.2, 0.25) is 0 Å². The molecule has 5 heteroatoms. The van der Waals surface area contributed by atoms with Gasteiger partial charge in [-0.05, 0) is 31.8 Å². The van der Waals surface area contributed by atoms with Crippen LogP contribution in [0.1, 0.15) is 31.4 Å². The predicted octanol–water partition coefficient (Wildman–Crippen LogP) is 3.13. The normalized spacial score (nSPS) is 10.4. The van der Waals surface area contributed by atoms with Gasteiger partial charge in [0.25, 0.3) is 0 Å². The van der Waals surface area contributed by atoms with Gasteiger partial charge in [-0.2, -0.15) is 16.7 Å². The van der Waals surface area contributed by atoms with Crippen LogP contribution in [0.3, 0.4) is 0 Å². The fraction of sp³-hybridized carbons (Fsp3) is 0.692. The minimum absolute atomic E-state index is 0.616. The van der Waals surface area contributed by atoms with E-state index in [0.29, 0.717) is 11.8 Å². The van der Waals surface area contributed by atoms with E-state index in [2.05, 4.69) is 21.5 Å². The number of ether oxygens (including phenoxy) is 1. The van der Waals surface area contributed by atoms with Gasteiger partial charge in [0.05, 0.1) is 7.11 Å². The highest BCUT2D eigenvalue weighted by molar-refractivity contribution is 7.98. The van der Waals surface area contributed by atoms with E-state index in [1.807, 2.05) is 24.8 Å². The summed E-state index contributed by atoms with van der Waals surface area (Å²) in [6.07, 6.45) is 7.20. The molecule has 0 amide bonds. The fourth-order valence-corrected chi connectivity index (χ4v) is 2.14. The maximum Gasteiger partial charge on any atom is 0.226 e. The van der Waals surface area contributed by atoms with Gasteiger partial charge in [0.2, 0.25) is 11.8 Å². The average Bonchev–Trinajstić information content (AvgIpc) is 2.37. The van der Waals surface area contributed by atoms with Crippen LogP contribution in [0, 0.1) is 6.92 Å². The molecule has 0 saturated heterocycles. The van der Waals surface area contributed by atoms with Gasteiger partial charge in [0.15, 0.2) is 0 Å². The molecule has 0 bridgehead atoms. The van der Waals surface area contributed by atoms with Crippen molar-refractivity contribution in [1.82, 2.24) is 9.97 Å². The zero-order chi connectivity index (χ0) is 13.2. The minimum atomic E-state index is 0.616. The molecule has 1 heterocycles. The quantitative estimate of drug-likeness (QED) is 0.698. The molecule has 0 aromatic carbocycles. The molecule has 1 aromatic rings. The number of anilines is 1. The molecule has 0 spiro atoms. The van der Waals surface area contributed by atoms with Crippen molar-refractivity contribution in [2.75, 3.05) is 31.0 Å². The van der Waals surface area contributed by atoms with Gasteiger partial charge >= 0.3 is 0 Å². The summed E-state index contributed by atoms with van der Waals surface area (Å²) in [5, 5.41) is 3.24. The Hall–Kier alpha value is -0.970. The number of unbranched alkanes of at least 4 members (excludes halogenated alkanes) is 3. The molecule has 1 aromatic heterocycles. The van der Waals surface area contributed by atoms with Gasteiger partial charge in [0.1, 0.15) is 0 Å². The summed E-state index contributed by atoms with van der Waals surface area (Å²) < 4.78 is 5.11. The largest absolute Gasteiger partial charge is 0.481 e. The van der Waals surface area contributed by atoms with Crippen LogP contribution in [-0.4, -0.2) is 35.6 Å². The summed E-state index contributed by atoms with van der Waals surface area (Å²) >= 11 is 1.92. The Labute approximate surface area is 114 Å². The first kappa shape index (κ1) is 15.1. The topological polar surface area (TPSA) is 47.0 Å². The lowest BCUT2D eigenvalue weighted by Gasteiger charge is -2.07. The van der Waals surface area contributed by atoms with E-state index in [1.165, 1.54) is 25.0 Å². The molecule has 0 aliphatic carbocycles. The first-order chi connectivity index (χ1) is 8.76. The van der Waals surface area contributed by atoms with Crippen LogP contribution in [0.4, 0.5) is 5.95 Å². The summed E-state index contributed by atoms with van der Waals surface area (Å²) in [6, 6.07) is 1.83. The number of aryl methyl sites for hydroxylation is 1. The first-order valence-corrected chi connectivity index (χ1v) is 7.78. The molecule has 0 fully saturated rings. The summed E-state index contributed by atoms with van der Waals surface area (Å²) in [6.45, 7) is 2.86. The summed E-state index contributed by atoms with van der Waals surface area (Å²) in [4.78, 5) is 8.57. The second-order valence-electron chi connectivity index (χ2n) is 4.21. The lowest BCUT2D eigenvalue weighted by atomic mass is 10.2. The molecule has 0 aliphatic rings. The fourth-order valence-electron chi connectivity index (χ4n) is 1.65. The van der Waals surface area contributed by atoms with Crippen LogP contribution < -0.4 is 10.1 Å². The van der Waals surface area contributed by atoms with Crippen molar-refractivity contribution in [2.24, 2.45) is 0 Å². The second kappa shape index (κ2) is 9.03. The standard InChI is InChI=1S/C13H23N3OS/c1-11-10-12(17-2)16-13(15-11)14-8-6-4-5-7-9-18-3/h10H,4-9H2,1-3H3,(H,14,15,16). The van der Waals surface area contributed by atoms with E-state index in [-0.39, 0.29) is 0 Å². The molecule has 1 rings (SSSR count). The van der Waals surface area contributed by atoms with Gasteiger partial charge in [0, 0.05) is 18.3 Å². The second-order valence-corrected chi connectivity index (χ2v) is 5.19. The Balaban J connectivity index is 2.20. The highest BCUT2D eigenvalue weighted by atomic mass is 32.2. The Morgan fingerprint density at radius 1 is 1.22 bits per heavy atom. The lowest BCUT2D eigenvalue weighted by molar-refractivity contribution is 0.397. The molecule has 0 radical (unpaired) electrons. The van der Waals surface area contributed by atoms with E-state index in [4.69, 9.17) is 4.74 Å². The number of hydrogen-bond acceptors (Lipinski definition) is 5. The van der Waals surface area contributed by atoms with Crippen LogP contribution >= 0.6 is 11.8 Å². The molecule has 4 nitrogen and oxygen atoms in total. The Morgan fingerprint density at radius 2 is 2.00 bits per heavy atom. The average molecular weight is 269 g/mol. The number of nitrogens with zero attached hydrogens (tertiary/aromatic N) is 2. The molecule has 0 saturated carbocycles. The van der Waals surface area contributed by atoms with Crippen LogP contribution in [0.15, 0.2) is 6.07 Å². The highest BCUT2D eigenvalue weighted by Gasteiger charge is 2.01. The highest BCUT2D eigenvalue weighted by Crippen LogP contribution is 2.11. The van der Waals surface area contributed by atoms with E-state index >= 15 is 0 Å². The van der Waals surface area contributed by atoms with Crippen LogP contribution in [0.5, 0.6) is 5.88 Å². The van der Waals surface area contributed by atoms with Gasteiger partial charge in [-0.1, -0.05) is 12.8 Å². The summed E-state index contributed by atoms with van der Waals surface area (Å²) in [5.74, 6) is 2.55. The summed E-state index contributed by atoms with van der Waals surface area (Å²) in [5.41, 5.74) is 0.921. The van der Waals surface area contributed by atoms with Crippen molar-refractivity contribution in [3.8, 4) is 5.88 Å². The van der Waals surface area contributed by atoms with Gasteiger partial charge < -0.3 is 10.1 Å². The molecule has 1 N–H and O–H groups in total. The molecule has 18 heavy (non-hydrogen) atoms. The van der Waals surface area contributed by atoms with E-state index in [0.717, 1.165) is 18.7 Å². The number of hydrogen-bond donors (Lipinski definition) is 1. The number of nitrogens with one attached hydrogen (secondary N) is 1. The first-order valence-electron chi connectivity index (χ1n) is 6.38. The third kappa shape index (κ3) is 6.10. The predicted molar refractivity (Wildman–Crippen MR) is 78.7 cm³/mol. The summed E-state index contributed by atoms with van der Waals surface area (Å²) in [7, 11) is 1.62. The third-order valence-electron chi connectivity index (χ3n) is 2.60. The SMILES string of the molecule is COc1cc(C)nc(NCCCCCCSC)n1. The molecule has 0 atom stereocenters. The van der Waals surface area contributed by atoms with Crippen molar-refractivity contribution in [2.45, 2.75) is 32.6 Å². The van der Waals surface area contributed by atoms with E-state index < -0.39 is 0 Å². The number of rotatable bonds is 9. The Morgan fingerprint density at radius 3 is 2.72 bits per heavy atom. The number of methoxy groups -OCH3 is 1. The van der Waals surface area contributed by atoms with Gasteiger partial charge in [-0.15, -0.1) is 0 Å². The van der Waals surface area contributed by atoms with Gasteiger partial charge in [-0.3, -0.25) is 0 Å². The zero-order valence-corrected chi connectivity index (χ0v) is 12.3. The Kier molecular flexibility index (Phi) is 7.57. The van der Waals surface area contributed by atoms with Crippen LogP contribution in [0.25, 0.3) is 0 Å². The van der Waals surface area contributed by atoms with E-state index in [1.54, 1.807) is 7.11 Å². The number of aromatic nitrogens is 2. The smallest absolute Gasteiger partial charge is 0.226 e. The van der Waals surface area contributed by atoms with Crippen molar-refractivity contribution in [3.05, 3.63) is 11.8 Å². The molecule has 102 valence electrons. The van der Waals surface area contributed by atoms with Crippen molar-refractivity contribution in [1.29, 1.82) is 0 Å². The maximum absolute atomic E-state index is 5.11. The zero-order valence-electron chi connectivity index (χ0n) is 11.5. The molecular formula is C13H23N3OS. The van der Waals surface area contributed by atoms with Crippen molar-refractivity contribution < 1.29 is 4.74 Å². The maximum atomic E-state index is 5.11. The third-order valence-corrected chi connectivity index (χ3v) is 3.30. The van der Waals surface area contributed by atoms with Crippen LogP contribution in [-0.2, 0) is 0 Å². The lowest BCUT2D eigenvalue weighted by Crippen LogP contribution is -2.06. The van der Waals surface area contributed by atoms with Crippen molar-refractivity contribution in [3.63, 3.8) is 0 Å². The molecule has 0 aliphatic heterocycles. The van der Waals surface area contributed by atoms with E-state index in [9.17, 15) is 0 Å². The monoisotopic (exact) mass is 269 g/mol.